The van der Waals surface area contributed by atoms with Crippen LogP contribution < -0.4 is 4.74 Å². The average Bonchev–Trinajstić information content (AvgIpc) is 3.14. The van der Waals surface area contributed by atoms with Crippen molar-refractivity contribution in [3.8, 4) is 17.1 Å². The van der Waals surface area contributed by atoms with E-state index in [9.17, 15) is 0 Å². The zero-order valence-corrected chi connectivity index (χ0v) is 11.1. The highest BCUT2D eigenvalue weighted by Crippen LogP contribution is 2.40. The first kappa shape index (κ1) is 11.5. The number of nitrogens with zero attached hydrogens (tertiary/aromatic N) is 3. The van der Waals surface area contributed by atoms with Gasteiger partial charge in [-0.1, -0.05) is 11.6 Å². The molecule has 1 aromatic heterocycles. The highest BCUT2D eigenvalue weighted by atomic mass is 35.5. The summed E-state index contributed by atoms with van der Waals surface area (Å²) in [6.07, 6.45) is 2.41. The minimum atomic E-state index is 0.570. The standard InChI is InChI=1S/C13H14ClN3O/c1-17-13(8-3-4-8)15-12(16-17)10-7-9(18-2)5-6-11(10)14/h5-8H,3-4H2,1-2H3. The van der Waals surface area contributed by atoms with Crippen molar-refractivity contribution < 1.29 is 4.74 Å². The molecule has 18 heavy (non-hydrogen) atoms. The van der Waals surface area contributed by atoms with Crippen molar-refractivity contribution in [3.05, 3.63) is 29.0 Å². The second-order valence-electron chi connectivity index (χ2n) is 4.54. The molecule has 1 saturated carbocycles. The third-order valence-electron chi connectivity index (χ3n) is 3.15. The minimum absolute atomic E-state index is 0.570. The van der Waals surface area contributed by atoms with Crippen molar-refractivity contribution in [1.29, 1.82) is 0 Å². The number of hydrogen-bond acceptors (Lipinski definition) is 3. The van der Waals surface area contributed by atoms with Gasteiger partial charge >= 0.3 is 0 Å². The van der Waals surface area contributed by atoms with Gasteiger partial charge in [0.25, 0.3) is 0 Å². The maximum atomic E-state index is 6.20. The van der Waals surface area contributed by atoms with E-state index < -0.39 is 0 Å². The number of ether oxygens (including phenoxy) is 1. The number of methoxy groups -OCH3 is 1. The van der Waals surface area contributed by atoms with Gasteiger partial charge in [-0.05, 0) is 31.0 Å². The van der Waals surface area contributed by atoms with Crippen LogP contribution in [0.5, 0.6) is 5.75 Å². The van der Waals surface area contributed by atoms with Gasteiger partial charge in [-0.25, -0.2) is 4.98 Å². The molecule has 0 spiro atoms. The van der Waals surface area contributed by atoms with Gasteiger partial charge in [-0.3, -0.25) is 4.68 Å². The van der Waals surface area contributed by atoms with Gasteiger partial charge < -0.3 is 4.74 Å². The van der Waals surface area contributed by atoms with Crippen LogP contribution in [0, 0.1) is 0 Å². The summed E-state index contributed by atoms with van der Waals surface area (Å²) < 4.78 is 7.06. The second kappa shape index (κ2) is 4.28. The Hall–Kier alpha value is -1.55. The Kier molecular flexibility index (Phi) is 2.74. The highest BCUT2D eigenvalue weighted by molar-refractivity contribution is 6.33. The summed E-state index contributed by atoms with van der Waals surface area (Å²) in [5, 5.41) is 5.09. The molecule has 1 aromatic carbocycles. The van der Waals surface area contributed by atoms with Crippen molar-refractivity contribution in [2.45, 2.75) is 18.8 Å². The van der Waals surface area contributed by atoms with E-state index in [1.165, 1.54) is 12.8 Å². The van der Waals surface area contributed by atoms with E-state index in [0.29, 0.717) is 16.8 Å². The molecule has 0 atom stereocenters. The molecule has 0 amide bonds. The third-order valence-corrected chi connectivity index (χ3v) is 3.48. The Morgan fingerprint density at radius 3 is 2.83 bits per heavy atom. The van der Waals surface area contributed by atoms with Crippen molar-refractivity contribution in [2.75, 3.05) is 7.11 Å². The Labute approximate surface area is 111 Å². The Morgan fingerprint density at radius 2 is 2.17 bits per heavy atom. The number of halogens is 1. The molecular formula is C13H14ClN3O. The molecule has 4 nitrogen and oxygen atoms in total. The molecule has 0 aliphatic heterocycles. The summed E-state index contributed by atoms with van der Waals surface area (Å²) in [6.45, 7) is 0. The average molecular weight is 264 g/mol. The van der Waals surface area contributed by atoms with Crippen molar-refractivity contribution in [3.63, 3.8) is 0 Å². The van der Waals surface area contributed by atoms with Crippen molar-refractivity contribution in [1.82, 2.24) is 14.8 Å². The van der Waals surface area contributed by atoms with Crippen LogP contribution in [0.2, 0.25) is 5.02 Å². The van der Waals surface area contributed by atoms with Crippen LogP contribution >= 0.6 is 11.6 Å². The molecule has 0 radical (unpaired) electrons. The van der Waals surface area contributed by atoms with Crippen LogP contribution in [0.1, 0.15) is 24.6 Å². The SMILES string of the molecule is COc1ccc(Cl)c(-c2nc(C3CC3)n(C)n2)c1. The second-order valence-corrected chi connectivity index (χ2v) is 4.94. The van der Waals surface area contributed by atoms with Crippen LogP contribution in [0.4, 0.5) is 0 Å². The summed E-state index contributed by atoms with van der Waals surface area (Å²) in [5.74, 6) is 3.04. The van der Waals surface area contributed by atoms with Crippen LogP contribution in [-0.4, -0.2) is 21.9 Å². The van der Waals surface area contributed by atoms with Crippen LogP contribution in [-0.2, 0) is 7.05 Å². The van der Waals surface area contributed by atoms with Crippen molar-refractivity contribution in [2.24, 2.45) is 7.05 Å². The first-order valence-corrected chi connectivity index (χ1v) is 6.31. The molecule has 2 aromatic rings. The maximum Gasteiger partial charge on any atom is 0.183 e. The highest BCUT2D eigenvalue weighted by Gasteiger charge is 2.29. The first-order valence-electron chi connectivity index (χ1n) is 5.94. The summed E-state index contributed by atoms with van der Waals surface area (Å²) in [4.78, 5) is 4.59. The van der Waals surface area contributed by atoms with Gasteiger partial charge in [-0.15, -0.1) is 0 Å². The lowest BCUT2D eigenvalue weighted by atomic mass is 10.2. The minimum Gasteiger partial charge on any atom is -0.497 e. The molecule has 1 aliphatic carbocycles. The Balaban J connectivity index is 2.05. The molecule has 1 aliphatic rings. The molecule has 94 valence electrons. The Morgan fingerprint density at radius 1 is 1.39 bits per heavy atom. The van der Waals surface area contributed by atoms with Crippen LogP contribution in [0.15, 0.2) is 18.2 Å². The van der Waals surface area contributed by atoms with Crippen molar-refractivity contribution >= 4 is 11.6 Å². The maximum absolute atomic E-state index is 6.20. The third kappa shape index (κ3) is 1.97. The van der Waals surface area contributed by atoms with E-state index in [1.54, 1.807) is 7.11 Å². The topological polar surface area (TPSA) is 39.9 Å². The smallest absolute Gasteiger partial charge is 0.183 e. The Bertz CT molecular complexity index is 590. The number of hydrogen-bond donors (Lipinski definition) is 0. The first-order chi connectivity index (χ1) is 8.69. The summed E-state index contributed by atoms with van der Waals surface area (Å²) in [6, 6.07) is 5.51. The molecule has 3 rings (SSSR count). The molecular weight excluding hydrogens is 250 g/mol. The summed E-state index contributed by atoms with van der Waals surface area (Å²) >= 11 is 6.20. The molecule has 0 unspecified atom stereocenters. The largest absolute Gasteiger partial charge is 0.497 e. The number of aryl methyl sites for hydroxylation is 1. The quantitative estimate of drug-likeness (QED) is 0.855. The van der Waals surface area contributed by atoms with E-state index in [2.05, 4.69) is 10.1 Å². The number of rotatable bonds is 3. The van der Waals surface area contributed by atoms with Gasteiger partial charge in [0.1, 0.15) is 11.6 Å². The molecule has 0 bridgehead atoms. The monoisotopic (exact) mass is 263 g/mol. The van der Waals surface area contributed by atoms with Crippen LogP contribution in [0.25, 0.3) is 11.4 Å². The molecule has 5 heteroatoms. The number of aromatic nitrogens is 3. The predicted octanol–water partition coefficient (Wildman–Crippen LogP) is 3.02. The molecule has 0 saturated heterocycles. The van der Waals surface area contributed by atoms with Crippen LogP contribution in [0.3, 0.4) is 0 Å². The summed E-state index contributed by atoms with van der Waals surface area (Å²) in [5.41, 5.74) is 0.818. The van der Waals surface area contributed by atoms with E-state index in [-0.39, 0.29) is 0 Å². The lowest BCUT2D eigenvalue weighted by molar-refractivity contribution is 0.415. The van der Waals surface area contributed by atoms with Gasteiger partial charge in [0.05, 0.1) is 12.1 Å². The van der Waals surface area contributed by atoms with Gasteiger partial charge in [0.15, 0.2) is 5.82 Å². The fraction of sp³-hybridized carbons (Fsp3) is 0.385. The number of benzene rings is 1. The normalized spacial score (nSPS) is 14.8. The van der Waals surface area contributed by atoms with E-state index >= 15 is 0 Å². The fourth-order valence-corrected chi connectivity index (χ4v) is 2.21. The fourth-order valence-electron chi connectivity index (χ4n) is 2.01. The summed E-state index contributed by atoms with van der Waals surface area (Å²) in [7, 11) is 3.56. The molecule has 1 heterocycles. The van der Waals surface area contributed by atoms with Gasteiger partial charge in [-0.2, -0.15) is 5.10 Å². The molecule has 0 N–H and O–H groups in total. The zero-order valence-electron chi connectivity index (χ0n) is 10.4. The van der Waals surface area contributed by atoms with E-state index in [4.69, 9.17) is 16.3 Å². The lowest BCUT2D eigenvalue weighted by Crippen LogP contribution is -1.96. The van der Waals surface area contributed by atoms with E-state index in [1.807, 2.05) is 29.9 Å². The zero-order chi connectivity index (χ0) is 12.7. The molecule has 1 fully saturated rings. The van der Waals surface area contributed by atoms with Gasteiger partial charge in [0, 0.05) is 18.5 Å². The lowest BCUT2D eigenvalue weighted by Gasteiger charge is -2.03. The predicted molar refractivity (Wildman–Crippen MR) is 70.0 cm³/mol. The van der Waals surface area contributed by atoms with E-state index in [0.717, 1.165) is 17.1 Å². The van der Waals surface area contributed by atoms with Gasteiger partial charge in [0.2, 0.25) is 0 Å².